The molecule has 2 aromatic rings. The molecular weight excluding hydrogens is 361 g/mol. The summed E-state index contributed by atoms with van der Waals surface area (Å²) in [5.74, 6) is 1.28. The van der Waals surface area contributed by atoms with E-state index in [1.165, 1.54) is 5.56 Å². The summed E-state index contributed by atoms with van der Waals surface area (Å²) in [6.45, 7) is 1.51. The van der Waals surface area contributed by atoms with E-state index in [0.29, 0.717) is 5.88 Å². The highest BCUT2D eigenvalue weighted by Gasteiger charge is 2.09. The molecule has 0 aliphatic rings. The summed E-state index contributed by atoms with van der Waals surface area (Å²) in [6, 6.07) is 10.3. The lowest BCUT2D eigenvalue weighted by molar-refractivity contribution is 0.793. The molecule has 1 heterocycles. The fourth-order valence-electron chi connectivity index (χ4n) is 1.62. The zero-order valence-corrected chi connectivity index (χ0v) is 12.7. The van der Waals surface area contributed by atoms with Crippen LogP contribution in [0.3, 0.4) is 0 Å². The molecule has 1 aromatic carbocycles. The molecule has 0 fully saturated rings. The van der Waals surface area contributed by atoms with E-state index in [9.17, 15) is 0 Å². The van der Waals surface area contributed by atoms with Crippen LogP contribution in [0.2, 0.25) is 0 Å². The first kappa shape index (κ1) is 13.5. The molecular formula is C13H13ClIN3. The molecule has 0 saturated carbocycles. The highest BCUT2D eigenvalue weighted by molar-refractivity contribution is 14.1. The van der Waals surface area contributed by atoms with Gasteiger partial charge < -0.3 is 4.90 Å². The van der Waals surface area contributed by atoms with Crippen LogP contribution >= 0.6 is 34.2 Å². The largest absolute Gasteiger partial charge is 0.335 e. The fraction of sp³-hybridized carbons (Fsp3) is 0.231. The van der Waals surface area contributed by atoms with Gasteiger partial charge in [0.25, 0.3) is 0 Å². The molecule has 94 valence electrons. The van der Waals surface area contributed by atoms with Crippen LogP contribution in [0.4, 0.5) is 5.95 Å². The molecule has 2 rings (SSSR count). The van der Waals surface area contributed by atoms with Crippen LogP contribution in [0.25, 0.3) is 0 Å². The number of rotatable bonds is 5. The Morgan fingerprint density at radius 3 is 2.39 bits per heavy atom. The smallest absolute Gasteiger partial charge is 0.225 e. The minimum atomic E-state index is 0.558. The Bertz CT molecular complexity index is 475. The number of alkyl halides is 1. The molecule has 1 aromatic heterocycles. The second kappa shape index (κ2) is 6.89. The Morgan fingerprint density at radius 2 is 1.78 bits per heavy atom. The van der Waals surface area contributed by atoms with Crippen LogP contribution in [0.5, 0.6) is 0 Å². The van der Waals surface area contributed by atoms with Crippen LogP contribution in [0.1, 0.15) is 5.56 Å². The van der Waals surface area contributed by atoms with E-state index in [1.807, 2.05) is 30.6 Å². The number of halogens is 2. The average Bonchev–Trinajstić information content (AvgIpc) is 2.40. The molecule has 18 heavy (non-hydrogen) atoms. The number of hydrogen-bond acceptors (Lipinski definition) is 3. The van der Waals surface area contributed by atoms with Gasteiger partial charge in [-0.15, -0.1) is 11.6 Å². The molecule has 0 bridgehead atoms. The molecule has 0 unspecified atom stereocenters. The van der Waals surface area contributed by atoms with Gasteiger partial charge in [0.2, 0.25) is 5.95 Å². The van der Waals surface area contributed by atoms with Gasteiger partial charge >= 0.3 is 0 Å². The highest BCUT2D eigenvalue weighted by Crippen LogP contribution is 2.12. The molecule has 0 saturated heterocycles. The van der Waals surface area contributed by atoms with Gasteiger partial charge in [0.15, 0.2) is 0 Å². The van der Waals surface area contributed by atoms with Crippen molar-refractivity contribution >= 4 is 40.1 Å². The van der Waals surface area contributed by atoms with Crippen molar-refractivity contribution in [2.45, 2.75) is 6.54 Å². The van der Waals surface area contributed by atoms with Crippen molar-refractivity contribution in [3.63, 3.8) is 0 Å². The normalized spacial score (nSPS) is 10.3. The Balaban J connectivity index is 2.15. The van der Waals surface area contributed by atoms with E-state index < -0.39 is 0 Å². The fourth-order valence-corrected chi connectivity index (χ4v) is 2.11. The van der Waals surface area contributed by atoms with Crippen molar-refractivity contribution in [3.8, 4) is 0 Å². The van der Waals surface area contributed by atoms with E-state index in [4.69, 9.17) is 11.6 Å². The standard InChI is InChI=1S/C13H13ClIN3/c14-6-7-18(10-11-4-2-1-3-5-11)13-16-8-12(15)9-17-13/h1-5,8-9H,6-7,10H2. The van der Waals surface area contributed by atoms with Gasteiger partial charge in [-0.3, -0.25) is 0 Å². The maximum absolute atomic E-state index is 5.84. The van der Waals surface area contributed by atoms with Crippen LogP contribution in [-0.4, -0.2) is 22.4 Å². The van der Waals surface area contributed by atoms with Crippen molar-refractivity contribution in [3.05, 3.63) is 51.9 Å². The number of nitrogens with zero attached hydrogens (tertiary/aromatic N) is 3. The molecule has 0 aliphatic heterocycles. The number of benzene rings is 1. The number of anilines is 1. The first-order valence-electron chi connectivity index (χ1n) is 5.62. The summed E-state index contributed by atoms with van der Waals surface area (Å²) >= 11 is 8.04. The molecule has 0 atom stereocenters. The maximum atomic E-state index is 5.84. The molecule has 0 aliphatic carbocycles. The highest BCUT2D eigenvalue weighted by atomic mass is 127. The lowest BCUT2D eigenvalue weighted by Crippen LogP contribution is -2.26. The van der Waals surface area contributed by atoms with Crippen molar-refractivity contribution < 1.29 is 0 Å². The first-order chi connectivity index (χ1) is 8.79. The molecule has 0 amide bonds. The third-order valence-corrected chi connectivity index (χ3v) is 3.19. The molecule has 0 radical (unpaired) electrons. The van der Waals surface area contributed by atoms with E-state index in [2.05, 4.69) is 49.6 Å². The third kappa shape index (κ3) is 3.81. The van der Waals surface area contributed by atoms with E-state index in [-0.39, 0.29) is 0 Å². The monoisotopic (exact) mass is 373 g/mol. The maximum Gasteiger partial charge on any atom is 0.225 e. The Morgan fingerprint density at radius 1 is 1.11 bits per heavy atom. The van der Waals surface area contributed by atoms with E-state index >= 15 is 0 Å². The summed E-state index contributed by atoms with van der Waals surface area (Å²) in [5, 5.41) is 0. The summed E-state index contributed by atoms with van der Waals surface area (Å²) in [6.07, 6.45) is 3.63. The van der Waals surface area contributed by atoms with Crippen molar-refractivity contribution in [2.24, 2.45) is 0 Å². The van der Waals surface area contributed by atoms with Gasteiger partial charge in [-0.2, -0.15) is 0 Å². The second-order valence-electron chi connectivity index (χ2n) is 3.80. The van der Waals surface area contributed by atoms with Crippen LogP contribution < -0.4 is 4.90 Å². The quantitative estimate of drug-likeness (QED) is 0.595. The van der Waals surface area contributed by atoms with Gasteiger partial charge in [-0.1, -0.05) is 30.3 Å². The minimum Gasteiger partial charge on any atom is -0.335 e. The molecule has 0 N–H and O–H groups in total. The van der Waals surface area contributed by atoms with Crippen molar-refractivity contribution in [1.82, 2.24) is 9.97 Å². The predicted octanol–water partition coefficient (Wildman–Crippen LogP) is 3.33. The summed E-state index contributed by atoms with van der Waals surface area (Å²) in [4.78, 5) is 10.8. The summed E-state index contributed by atoms with van der Waals surface area (Å²) in [7, 11) is 0. The van der Waals surface area contributed by atoms with Gasteiger partial charge in [-0.05, 0) is 28.2 Å². The number of aromatic nitrogens is 2. The summed E-state index contributed by atoms with van der Waals surface area (Å²) < 4.78 is 1.03. The minimum absolute atomic E-state index is 0.558. The van der Waals surface area contributed by atoms with E-state index in [0.717, 1.165) is 22.6 Å². The lowest BCUT2D eigenvalue weighted by Gasteiger charge is -2.21. The lowest BCUT2D eigenvalue weighted by atomic mass is 10.2. The van der Waals surface area contributed by atoms with Crippen molar-refractivity contribution in [1.29, 1.82) is 0 Å². The zero-order valence-electron chi connectivity index (χ0n) is 9.76. The zero-order chi connectivity index (χ0) is 12.8. The van der Waals surface area contributed by atoms with Gasteiger partial charge in [0.05, 0.1) is 0 Å². The number of hydrogen-bond donors (Lipinski definition) is 0. The van der Waals surface area contributed by atoms with Crippen LogP contribution in [0, 0.1) is 3.57 Å². The Kier molecular flexibility index (Phi) is 5.19. The van der Waals surface area contributed by atoms with Gasteiger partial charge in [0.1, 0.15) is 0 Å². The van der Waals surface area contributed by atoms with Crippen molar-refractivity contribution in [2.75, 3.05) is 17.3 Å². The molecule has 3 nitrogen and oxygen atoms in total. The second-order valence-corrected chi connectivity index (χ2v) is 5.42. The summed E-state index contributed by atoms with van der Waals surface area (Å²) in [5.41, 5.74) is 1.23. The Hall–Kier alpha value is -0.880. The predicted molar refractivity (Wildman–Crippen MR) is 83.0 cm³/mol. The molecule has 5 heteroatoms. The molecule has 0 spiro atoms. The van der Waals surface area contributed by atoms with Crippen LogP contribution in [0.15, 0.2) is 42.7 Å². The van der Waals surface area contributed by atoms with E-state index in [1.54, 1.807) is 0 Å². The average molecular weight is 374 g/mol. The topological polar surface area (TPSA) is 29.0 Å². The third-order valence-electron chi connectivity index (χ3n) is 2.46. The van der Waals surface area contributed by atoms with Gasteiger partial charge in [0, 0.05) is 34.9 Å². The Labute approximate surface area is 125 Å². The van der Waals surface area contributed by atoms with Crippen LogP contribution in [-0.2, 0) is 6.54 Å². The SMILES string of the molecule is ClCCN(Cc1ccccc1)c1ncc(I)cn1. The first-order valence-corrected chi connectivity index (χ1v) is 7.23. The van der Waals surface area contributed by atoms with Gasteiger partial charge in [-0.25, -0.2) is 9.97 Å².